The highest BCUT2D eigenvalue weighted by atomic mass is 16.5. The van der Waals surface area contributed by atoms with Crippen LogP contribution in [0.15, 0.2) is 30.3 Å². The van der Waals surface area contributed by atoms with Crippen molar-refractivity contribution < 1.29 is 9.53 Å². The topological polar surface area (TPSA) is 50.1 Å². The summed E-state index contributed by atoms with van der Waals surface area (Å²) >= 11 is 0. The number of esters is 1. The highest BCUT2D eigenvalue weighted by Gasteiger charge is 2.07. The van der Waals surface area contributed by atoms with E-state index in [0.717, 1.165) is 18.4 Å². The molecule has 0 spiro atoms. The average molecular weight is 229 g/mol. The van der Waals surface area contributed by atoms with Gasteiger partial charge in [0.2, 0.25) is 0 Å². The third-order valence-electron chi connectivity index (χ3n) is 2.32. The largest absolute Gasteiger partial charge is 0.465 e. The molecule has 0 aliphatic heterocycles. The van der Waals surface area contributed by atoms with Crippen LogP contribution < -0.4 is 0 Å². The van der Waals surface area contributed by atoms with E-state index in [4.69, 9.17) is 10.00 Å². The van der Waals surface area contributed by atoms with Gasteiger partial charge in [-0.05, 0) is 24.5 Å². The first-order valence-corrected chi connectivity index (χ1v) is 5.50. The van der Waals surface area contributed by atoms with Crippen LogP contribution in [0.1, 0.15) is 35.2 Å². The van der Waals surface area contributed by atoms with E-state index < -0.39 is 0 Å². The molecular weight excluding hydrogens is 214 g/mol. The predicted molar refractivity (Wildman–Crippen MR) is 66.3 cm³/mol. The highest BCUT2D eigenvalue weighted by Crippen LogP contribution is 2.12. The van der Waals surface area contributed by atoms with Gasteiger partial charge in [0.05, 0.1) is 18.7 Å². The number of methoxy groups -OCH3 is 1. The Kier molecular flexibility index (Phi) is 5.53. The predicted octanol–water partition coefficient (Wildman–Crippen LogP) is 3.18. The Labute approximate surface area is 101 Å². The first-order chi connectivity index (χ1) is 8.29. The van der Waals surface area contributed by atoms with Crippen molar-refractivity contribution in [1.82, 2.24) is 0 Å². The lowest BCUT2D eigenvalue weighted by molar-refractivity contribution is 0.0600. The van der Waals surface area contributed by atoms with Gasteiger partial charge in [0.15, 0.2) is 0 Å². The molecule has 0 amide bonds. The second-order valence-corrected chi connectivity index (χ2v) is 3.53. The fourth-order valence-corrected chi connectivity index (χ4v) is 1.45. The smallest absolute Gasteiger partial charge is 0.338 e. The molecule has 0 fully saturated rings. The van der Waals surface area contributed by atoms with Gasteiger partial charge < -0.3 is 4.74 Å². The Morgan fingerprint density at radius 2 is 2.24 bits per heavy atom. The lowest BCUT2D eigenvalue weighted by Crippen LogP contribution is -2.02. The van der Waals surface area contributed by atoms with Crippen molar-refractivity contribution >= 4 is 12.0 Å². The maximum Gasteiger partial charge on any atom is 0.338 e. The molecule has 0 unspecified atom stereocenters. The lowest BCUT2D eigenvalue weighted by Gasteiger charge is -2.02. The van der Waals surface area contributed by atoms with Crippen LogP contribution in [-0.2, 0) is 4.74 Å². The normalized spacial score (nSPS) is 10.1. The van der Waals surface area contributed by atoms with Crippen molar-refractivity contribution in [1.29, 1.82) is 5.26 Å². The van der Waals surface area contributed by atoms with Crippen LogP contribution in [0.3, 0.4) is 0 Å². The Balaban J connectivity index is 2.70. The van der Waals surface area contributed by atoms with Crippen molar-refractivity contribution in [2.75, 3.05) is 7.11 Å². The number of benzene rings is 1. The summed E-state index contributed by atoms with van der Waals surface area (Å²) in [5, 5.41) is 8.40. The molecule has 1 aromatic carbocycles. The Morgan fingerprint density at radius 3 is 2.94 bits per heavy atom. The van der Waals surface area contributed by atoms with Gasteiger partial charge in [-0.2, -0.15) is 5.26 Å². The monoisotopic (exact) mass is 229 g/mol. The van der Waals surface area contributed by atoms with E-state index >= 15 is 0 Å². The summed E-state index contributed by atoms with van der Waals surface area (Å²) in [4.78, 5) is 11.5. The summed E-state index contributed by atoms with van der Waals surface area (Å²) in [6.07, 6.45) is 6.10. The standard InChI is InChI=1S/C14H15NO2/c1-17-14(16)13-10-6-5-9-12(13)8-4-2-3-7-11-15/h4-6,8-10H,2-3,7H2,1H3/b8-4+. The molecule has 0 saturated heterocycles. The summed E-state index contributed by atoms with van der Waals surface area (Å²) in [6.45, 7) is 0. The second-order valence-electron chi connectivity index (χ2n) is 3.53. The summed E-state index contributed by atoms with van der Waals surface area (Å²) in [5.74, 6) is -0.331. The molecule has 0 aliphatic rings. The van der Waals surface area contributed by atoms with Crippen molar-refractivity contribution in [2.24, 2.45) is 0 Å². The molecule has 0 aromatic heterocycles. The summed E-state index contributed by atoms with van der Waals surface area (Å²) in [7, 11) is 1.37. The number of hydrogen-bond donors (Lipinski definition) is 0. The quantitative estimate of drug-likeness (QED) is 0.575. The molecule has 1 aromatic rings. The maximum atomic E-state index is 11.5. The number of nitriles is 1. The van der Waals surface area contributed by atoms with Crippen LogP contribution in [-0.4, -0.2) is 13.1 Å². The zero-order valence-corrected chi connectivity index (χ0v) is 9.85. The molecule has 0 atom stereocenters. The summed E-state index contributed by atoms with van der Waals surface area (Å²) in [6, 6.07) is 9.38. The SMILES string of the molecule is COC(=O)c1ccccc1/C=C/CCCC#N. The van der Waals surface area contributed by atoms with Crippen LogP contribution in [0.4, 0.5) is 0 Å². The number of allylic oxidation sites excluding steroid dienone is 1. The van der Waals surface area contributed by atoms with Crippen LogP contribution >= 0.6 is 0 Å². The van der Waals surface area contributed by atoms with Crippen molar-refractivity contribution in [3.63, 3.8) is 0 Å². The zero-order chi connectivity index (χ0) is 12.5. The molecule has 0 radical (unpaired) electrons. The number of nitrogens with zero attached hydrogens (tertiary/aromatic N) is 1. The summed E-state index contributed by atoms with van der Waals surface area (Å²) in [5.41, 5.74) is 1.41. The zero-order valence-electron chi connectivity index (χ0n) is 9.85. The fraction of sp³-hybridized carbons (Fsp3) is 0.286. The molecule has 1 rings (SSSR count). The maximum absolute atomic E-state index is 11.5. The van der Waals surface area contributed by atoms with E-state index in [1.54, 1.807) is 12.1 Å². The Morgan fingerprint density at radius 1 is 1.47 bits per heavy atom. The lowest BCUT2D eigenvalue weighted by atomic mass is 10.1. The second kappa shape index (κ2) is 7.24. The van der Waals surface area contributed by atoms with Crippen LogP contribution in [0.2, 0.25) is 0 Å². The molecular formula is C14H15NO2. The molecule has 0 N–H and O–H groups in total. The average Bonchev–Trinajstić information content (AvgIpc) is 2.38. The third-order valence-corrected chi connectivity index (χ3v) is 2.32. The third kappa shape index (κ3) is 4.12. The van der Waals surface area contributed by atoms with Crippen molar-refractivity contribution in [3.05, 3.63) is 41.5 Å². The van der Waals surface area contributed by atoms with Crippen LogP contribution in [0.25, 0.3) is 6.08 Å². The van der Waals surface area contributed by atoms with Gasteiger partial charge in [-0.25, -0.2) is 4.79 Å². The van der Waals surface area contributed by atoms with Gasteiger partial charge in [0, 0.05) is 6.42 Å². The minimum absolute atomic E-state index is 0.331. The van der Waals surface area contributed by atoms with Gasteiger partial charge in [-0.15, -0.1) is 0 Å². The number of carbonyl (C=O) groups is 1. The molecule has 3 heteroatoms. The molecule has 0 heterocycles. The highest BCUT2D eigenvalue weighted by molar-refractivity contribution is 5.93. The van der Waals surface area contributed by atoms with Crippen molar-refractivity contribution in [3.8, 4) is 6.07 Å². The fourth-order valence-electron chi connectivity index (χ4n) is 1.45. The molecule has 0 aliphatic carbocycles. The molecule has 17 heavy (non-hydrogen) atoms. The molecule has 3 nitrogen and oxygen atoms in total. The number of hydrogen-bond acceptors (Lipinski definition) is 3. The van der Waals surface area contributed by atoms with E-state index in [1.165, 1.54) is 7.11 Å². The van der Waals surface area contributed by atoms with Gasteiger partial charge in [0.25, 0.3) is 0 Å². The minimum atomic E-state index is -0.331. The van der Waals surface area contributed by atoms with E-state index in [2.05, 4.69) is 6.07 Å². The van der Waals surface area contributed by atoms with Crippen molar-refractivity contribution in [2.45, 2.75) is 19.3 Å². The van der Waals surface area contributed by atoms with E-state index in [1.807, 2.05) is 24.3 Å². The van der Waals surface area contributed by atoms with Gasteiger partial charge in [-0.1, -0.05) is 30.4 Å². The van der Waals surface area contributed by atoms with Crippen LogP contribution in [0, 0.1) is 11.3 Å². The molecule has 0 bridgehead atoms. The van der Waals surface area contributed by atoms with Gasteiger partial charge in [-0.3, -0.25) is 0 Å². The first kappa shape index (κ1) is 13.0. The van der Waals surface area contributed by atoms with Gasteiger partial charge in [0.1, 0.15) is 0 Å². The number of rotatable bonds is 5. The van der Waals surface area contributed by atoms with Crippen LogP contribution in [0.5, 0.6) is 0 Å². The molecule has 88 valence electrons. The number of carbonyl (C=O) groups excluding carboxylic acids is 1. The first-order valence-electron chi connectivity index (χ1n) is 5.50. The van der Waals surface area contributed by atoms with E-state index in [9.17, 15) is 4.79 Å². The van der Waals surface area contributed by atoms with E-state index in [0.29, 0.717) is 12.0 Å². The van der Waals surface area contributed by atoms with Gasteiger partial charge >= 0.3 is 5.97 Å². The summed E-state index contributed by atoms with van der Waals surface area (Å²) < 4.78 is 4.71. The number of unbranched alkanes of at least 4 members (excludes halogenated alkanes) is 2. The minimum Gasteiger partial charge on any atom is -0.465 e. The number of ether oxygens (including phenoxy) is 1. The molecule has 0 saturated carbocycles. The van der Waals surface area contributed by atoms with E-state index in [-0.39, 0.29) is 5.97 Å². The Bertz CT molecular complexity index is 444. The Hall–Kier alpha value is -2.08.